The Kier molecular flexibility index (Phi) is 7.06. The van der Waals surface area contributed by atoms with Crippen LogP contribution in [0.1, 0.15) is 58.1 Å². The van der Waals surface area contributed by atoms with E-state index in [4.69, 9.17) is 16.0 Å². The molecule has 1 aliphatic rings. The van der Waals surface area contributed by atoms with Gasteiger partial charge in [0.05, 0.1) is 6.61 Å². The molecule has 0 saturated carbocycles. The fourth-order valence-corrected chi connectivity index (χ4v) is 3.49. The number of esters is 1. The van der Waals surface area contributed by atoms with Gasteiger partial charge >= 0.3 is 12.1 Å². The number of benzene rings is 1. The first-order chi connectivity index (χ1) is 13.2. The first-order valence-corrected chi connectivity index (χ1v) is 9.81. The molecule has 152 valence electrons. The predicted molar refractivity (Wildman–Crippen MR) is 107 cm³/mol. The standard InChI is InChI=1S/C22H30N2O4/c1-6-27-19(25)12-11-17-9-7-8-10-18(17)22(23-5)13-15-24(16-14-22)20(26)28-21(2,3)4/h7-10H,6,11-16H2,1-4H3. The fraction of sp³-hybridized carbons (Fsp3) is 0.591. The van der Waals surface area contributed by atoms with E-state index in [-0.39, 0.29) is 12.1 Å². The van der Waals surface area contributed by atoms with Crippen LogP contribution in [0.2, 0.25) is 0 Å². The predicted octanol–water partition coefficient (Wildman–Crippen LogP) is 4.33. The average Bonchev–Trinajstić information content (AvgIpc) is 2.65. The van der Waals surface area contributed by atoms with E-state index in [9.17, 15) is 9.59 Å². The van der Waals surface area contributed by atoms with Crippen molar-refractivity contribution >= 4 is 12.1 Å². The van der Waals surface area contributed by atoms with Gasteiger partial charge in [-0.15, -0.1) is 0 Å². The van der Waals surface area contributed by atoms with Crippen LogP contribution in [-0.2, 0) is 26.2 Å². The van der Waals surface area contributed by atoms with E-state index >= 15 is 0 Å². The Labute approximate surface area is 167 Å². The number of rotatable bonds is 5. The quantitative estimate of drug-likeness (QED) is 0.558. The van der Waals surface area contributed by atoms with E-state index in [2.05, 4.69) is 4.85 Å². The highest BCUT2D eigenvalue weighted by Gasteiger charge is 2.45. The van der Waals surface area contributed by atoms with Crippen LogP contribution in [0, 0.1) is 6.57 Å². The molecule has 1 saturated heterocycles. The van der Waals surface area contributed by atoms with Crippen molar-refractivity contribution in [1.29, 1.82) is 0 Å². The zero-order chi connectivity index (χ0) is 20.8. The van der Waals surface area contributed by atoms with E-state index in [0.717, 1.165) is 11.1 Å². The third-order valence-electron chi connectivity index (χ3n) is 4.88. The van der Waals surface area contributed by atoms with Crippen LogP contribution in [0.15, 0.2) is 24.3 Å². The lowest BCUT2D eigenvalue weighted by Crippen LogP contribution is -2.46. The number of amides is 1. The summed E-state index contributed by atoms with van der Waals surface area (Å²) in [6.07, 6.45) is 1.60. The molecule has 0 spiro atoms. The minimum Gasteiger partial charge on any atom is -0.466 e. The molecule has 0 atom stereocenters. The number of hydrogen-bond acceptors (Lipinski definition) is 4. The molecule has 1 aromatic rings. The molecule has 1 amide bonds. The van der Waals surface area contributed by atoms with E-state index in [1.807, 2.05) is 45.0 Å². The number of aryl methyl sites for hydroxylation is 1. The molecule has 0 aliphatic carbocycles. The molecule has 0 radical (unpaired) electrons. The second kappa shape index (κ2) is 9.09. The average molecular weight is 386 g/mol. The number of carbonyl (C=O) groups excluding carboxylic acids is 2. The van der Waals surface area contributed by atoms with Crippen LogP contribution in [-0.4, -0.2) is 42.3 Å². The summed E-state index contributed by atoms with van der Waals surface area (Å²) in [6.45, 7) is 16.5. The van der Waals surface area contributed by atoms with Gasteiger partial charge < -0.3 is 19.2 Å². The molecular weight excluding hydrogens is 356 g/mol. The van der Waals surface area contributed by atoms with Gasteiger partial charge in [0.15, 0.2) is 0 Å². The van der Waals surface area contributed by atoms with E-state index in [1.165, 1.54) is 0 Å². The summed E-state index contributed by atoms with van der Waals surface area (Å²) in [4.78, 5) is 29.7. The highest BCUT2D eigenvalue weighted by Crippen LogP contribution is 2.39. The molecule has 0 aromatic heterocycles. The van der Waals surface area contributed by atoms with Gasteiger partial charge in [-0.1, -0.05) is 24.3 Å². The lowest BCUT2D eigenvalue weighted by Gasteiger charge is -2.35. The third-order valence-corrected chi connectivity index (χ3v) is 4.88. The number of likely N-dealkylation sites (tertiary alicyclic amines) is 1. The molecule has 1 aliphatic heterocycles. The summed E-state index contributed by atoms with van der Waals surface area (Å²) in [5, 5.41) is 0. The lowest BCUT2D eigenvalue weighted by atomic mass is 9.78. The molecule has 2 rings (SSSR count). The summed E-state index contributed by atoms with van der Waals surface area (Å²) in [6, 6.07) is 7.80. The molecule has 6 nitrogen and oxygen atoms in total. The second-order valence-electron chi connectivity index (χ2n) is 8.07. The maximum atomic E-state index is 12.3. The van der Waals surface area contributed by atoms with Crippen molar-refractivity contribution in [3.05, 3.63) is 46.8 Å². The van der Waals surface area contributed by atoms with Crippen LogP contribution >= 0.6 is 0 Å². The lowest BCUT2D eigenvalue weighted by molar-refractivity contribution is -0.143. The van der Waals surface area contributed by atoms with Gasteiger partial charge in [0, 0.05) is 37.9 Å². The number of nitrogens with zero attached hydrogens (tertiary/aromatic N) is 2. The monoisotopic (exact) mass is 386 g/mol. The normalized spacial score (nSPS) is 16.2. The maximum Gasteiger partial charge on any atom is 0.410 e. The molecule has 0 unspecified atom stereocenters. The van der Waals surface area contributed by atoms with Crippen LogP contribution in [0.5, 0.6) is 0 Å². The molecule has 1 fully saturated rings. The van der Waals surface area contributed by atoms with Gasteiger partial charge in [0.1, 0.15) is 5.60 Å². The van der Waals surface area contributed by atoms with Crippen molar-refractivity contribution in [3.8, 4) is 0 Å². The zero-order valence-electron chi connectivity index (χ0n) is 17.3. The van der Waals surface area contributed by atoms with Gasteiger partial charge in [-0.05, 0) is 39.7 Å². The van der Waals surface area contributed by atoms with Gasteiger partial charge in [0.2, 0.25) is 0 Å². The summed E-state index contributed by atoms with van der Waals surface area (Å²) in [5.74, 6) is -0.228. The Bertz CT molecular complexity index is 738. The Hall–Kier alpha value is -2.55. The Morgan fingerprint density at radius 3 is 2.43 bits per heavy atom. The fourth-order valence-electron chi connectivity index (χ4n) is 3.49. The molecule has 0 bridgehead atoms. The van der Waals surface area contributed by atoms with Crippen molar-refractivity contribution in [2.45, 2.75) is 64.5 Å². The van der Waals surface area contributed by atoms with Gasteiger partial charge in [0.25, 0.3) is 5.54 Å². The minimum atomic E-state index is -0.677. The summed E-state index contributed by atoms with van der Waals surface area (Å²) in [5.41, 5.74) is 0.741. The van der Waals surface area contributed by atoms with Crippen molar-refractivity contribution in [1.82, 2.24) is 4.90 Å². The number of hydrogen-bond donors (Lipinski definition) is 0. The summed E-state index contributed by atoms with van der Waals surface area (Å²) < 4.78 is 10.5. The van der Waals surface area contributed by atoms with Crippen LogP contribution in [0.3, 0.4) is 0 Å². The topological polar surface area (TPSA) is 60.2 Å². The molecule has 28 heavy (non-hydrogen) atoms. The first-order valence-electron chi connectivity index (χ1n) is 9.81. The van der Waals surface area contributed by atoms with E-state index < -0.39 is 11.1 Å². The van der Waals surface area contributed by atoms with Crippen LogP contribution in [0.4, 0.5) is 4.79 Å². The minimum absolute atomic E-state index is 0.228. The highest BCUT2D eigenvalue weighted by atomic mass is 16.6. The Morgan fingerprint density at radius 1 is 1.21 bits per heavy atom. The van der Waals surface area contributed by atoms with Gasteiger partial charge in [-0.3, -0.25) is 4.79 Å². The SMILES string of the molecule is [C-]#[N+]C1(c2ccccc2CCC(=O)OCC)CCN(C(=O)OC(C)(C)C)CC1. The van der Waals surface area contributed by atoms with E-state index in [0.29, 0.717) is 45.4 Å². The highest BCUT2D eigenvalue weighted by molar-refractivity contribution is 5.70. The van der Waals surface area contributed by atoms with Crippen LogP contribution < -0.4 is 0 Å². The molecule has 6 heteroatoms. The molecule has 0 N–H and O–H groups in total. The Balaban J connectivity index is 2.13. The molecular formula is C22H30N2O4. The largest absolute Gasteiger partial charge is 0.466 e. The maximum absolute atomic E-state index is 12.3. The van der Waals surface area contributed by atoms with Crippen molar-refractivity contribution in [2.75, 3.05) is 19.7 Å². The van der Waals surface area contributed by atoms with Crippen molar-refractivity contribution < 1.29 is 19.1 Å². The number of ether oxygens (including phenoxy) is 2. The van der Waals surface area contributed by atoms with Gasteiger partial charge in [-0.25, -0.2) is 11.4 Å². The zero-order valence-corrected chi connectivity index (χ0v) is 17.3. The summed E-state index contributed by atoms with van der Waals surface area (Å²) >= 11 is 0. The van der Waals surface area contributed by atoms with Crippen LogP contribution in [0.25, 0.3) is 4.85 Å². The smallest absolute Gasteiger partial charge is 0.410 e. The number of carbonyl (C=O) groups is 2. The number of piperidine rings is 1. The van der Waals surface area contributed by atoms with E-state index in [1.54, 1.807) is 11.8 Å². The van der Waals surface area contributed by atoms with Crippen molar-refractivity contribution in [2.24, 2.45) is 0 Å². The molecule has 1 heterocycles. The summed E-state index contributed by atoms with van der Waals surface area (Å²) in [7, 11) is 0. The van der Waals surface area contributed by atoms with Crippen molar-refractivity contribution in [3.63, 3.8) is 0 Å². The third kappa shape index (κ3) is 5.48. The van der Waals surface area contributed by atoms with Gasteiger partial charge in [-0.2, -0.15) is 0 Å². The molecule has 1 aromatic carbocycles. The second-order valence-corrected chi connectivity index (χ2v) is 8.07. The Morgan fingerprint density at radius 2 is 1.86 bits per heavy atom. The first kappa shape index (κ1) is 21.7.